The largest absolute Gasteiger partial charge is 0.466 e. The van der Waals surface area contributed by atoms with Crippen LogP contribution in [0.25, 0.3) is 0 Å². The summed E-state index contributed by atoms with van der Waals surface area (Å²) in [5.41, 5.74) is 2.05. The summed E-state index contributed by atoms with van der Waals surface area (Å²) in [5.74, 6) is -0.0521. The van der Waals surface area contributed by atoms with Crippen molar-refractivity contribution in [1.82, 2.24) is 5.32 Å². The average Bonchev–Trinajstić information content (AvgIpc) is 2.47. The van der Waals surface area contributed by atoms with Gasteiger partial charge in [0.15, 0.2) is 0 Å². The van der Waals surface area contributed by atoms with Crippen molar-refractivity contribution in [3.63, 3.8) is 0 Å². The highest BCUT2D eigenvalue weighted by atomic mass is 16.5. The molecule has 1 fully saturated rings. The molecule has 1 aliphatic rings. The molecule has 1 aliphatic heterocycles. The zero-order valence-corrected chi connectivity index (χ0v) is 12.1. The van der Waals surface area contributed by atoms with E-state index in [0.717, 1.165) is 24.1 Å². The van der Waals surface area contributed by atoms with Gasteiger partial charge in [-0.1, -0.05) is 24.3 Å². The Hall–Kier alpha value is -1.39. The number of aliphatic hydroxyl groups is 1. The van der Waals surface area contributed by atoms with Gasteiger partial charge in [0.25, 0.3) is 0 Å². The van der Waals surface area contributed by atoms with Crippen LogP contribution in [-0.4, -0.2) is 30.8 Å². The number of nitrogens with one attached hydrogen (secondary N) is 1. The molecule has 0 spiro atoms. The number of hydrogen-bond donors (Lipinski definition) is 2. The number of benzene rings is 1. The van der Waals surface area contributed by atoms with Crippen molar-refractivity contribution in [2.45, 2.75) is 32.3 Å². The van der Waals surface area contributed by atoms with E-state index in [0.29, 0.717) is 13.2 Å². The first kappa shape index (κ1) is 15.0. The Balaban J connectivity index is 2.16. The molecule has 0 amide bonds. The second-order valence-corrected chi connectivity index (χ2v) is 5.30. The third kappa shape index (κ3) is 3.38. The highest BCUT2D eigenvalue weighted by Gasteiger charge is 2.32. The van der Waals surface area contributed by atoms with Gasteiger partial charge in [0.2, 0.25) is 0 Å². The monoisotopic (exact) mass is 277 g/mol. The first-order valence-electron chi connectivity index (χ1n) is 7.28. The van der Waals surface area contributed by atoms with E-state index in [4.69, 9.17) is 4.74 Å². The van der Waals surface area contributed by atoms with Crippen molar-refractivity contribution in [2.24, 2.45) is 5.92 Å². The zero-order valence-electron chi connectivity index (χ0n) is 12.1. The Kier molecular flexibility index (Phi) is 5.15. The zero-order chi connectivity index (χ0) is 14.5. The molecule has 4 nitrogen and oxygen atoms in total. The second kappa shape index (κ2) is 6.86. The number of carbonyl (C=O) groups excluding carboxylic acids is 1. The second-order valence-electron chi connectivity index (χ2n) is 5.30. The van der Waals surface area contributed by atoms with Crippen LogP contribution >= 0.6 is 0 Å². The van der Waals surface area contributed by atoms with Gasteiger partial charge < -0.3 is 15.2 Å². The molecular weight excluding hydrogens is 254 g/mol. The first-order valence-corrected chi connectivity index (χ1v) is 7.28. The number of piperidine rings is 1. The molecule has 0 saturated carbocycles. The molecule has 1 aromatic rings. The molecule has 1 heterocycles. The fourth-order valence-corrected chi connectivity index (χ4v) is 2.78. The molecule has 0 aliphatic carbocycles. The molecule has 3 atom stereocenters. The maximum atomic E-state index is 12.1. The first-order chi connectivity index (χ1) is 9.63. The van der Waals surface area contributed by atoms with Gasteiger partial charge in [-0.3, -0.25) is 4.79 Å². The number of carbonyl (C=O) groups is 1. The molecule has 1 aromatic carbocycles. The molecule has 2 rings (SSSR count). The Morgan fingerprint density at radius 1 is 1.45 bits per heavy atom. The summed E-state index contributed by atoms with van der Waals surface area (Å²) in [6, 6.07) is 7.91. The van der Waals surface area contributed by atoms with Crippen LogP contribution < -0.4 is 5.32 Å². The molecule has 2 N–H and O–H groups in total. The normalized spacial score (nSPS) is 24.1. The minimum Gasteiger partial charge on any atom is -0.466 e. The van der Waals surface area contributed by atoms with Crippen molar-refractivity contribution in [2.75, 3.05) is 19.7 Å². The molecule has 1 unspecified atom stereocenters. The van der Waals surface area contributed by atoms with Crippen LogP contribution in [0, 0.1) is 5.92 Å². The van der Waals surface area contributed by atoms with Crippen LogP contribution in [-0.2, 0) is 9.53 Å². The van der Waals surface area contributed by atoms with Crippen molar-refractivity contribution in [3.05, 3.63) is 35.4 Å². The van der Waals surface area contributed by atoms with Gasteiger partial charge in [0.1, 0.15) is 0 Å². The van der Waals surface area contributed by atoms with Crippen molar-refractivity contribution in [1.29, 1.82) is 0 Å². The van der Waals surface area contributed by atoms with E-state index in [1.165, 1.54) is 0 Å². The number of rotatable bonds is 4. The van der Waals surface area contributed by atoms with Gasteiger partial charge >= 0.3 is 5.97 Å². The Bertz CT molecular complexity index is 442. The summed E-state index contributed by atoms with van der Waals surface area (Å²) < 4.78 is 5.18. The Morgan fingerprint density at radius 3 is 2.75 bits per heavy atom. The van der Waals surface area contributed by atoms with Crippen LogP contribution in [0.2, 0.25) is 0 Å². The van der Waals surface area contributed by atoms with E-state index in [2.05, 4.69) is 5.32 Å². The van der Waals surface area contributed by atoms with Crippen molar-refractivity contribution >= 4 is 5.97 Å². The summed E-state index contributed by atoms with van der Waals surface area (Å²) in [4.78, 5) is 12.1. The Morgan fingerprint density at radius 2 is 2.15 bits per heavy atom. The standard InChI is InChI=1S/C16H23NO3/c1-3-20-16(19)15-10-17-9-8-14(15)13-6-4-12(5-7-13)11(2)18/h4-7,11,14-15,17-18H,3,8-10H2,1-2H3/t11?,14-,15-/m1/s1. The molecule has 1 saturated heterocycles. The molecule has 0 aromatic heterocycles. The topological polar surface area (TPSA) is 58.6 Å². The van der Waals surface area contributed by atoms with Crippen LogP contribution in [0.4, 0.5) is 0 Å². The summed E-state index contributed by atoms with van der Waals surface area (Å²) in [6.45, 7) is 5.59. The van der Waals surface area contributed by atoms with Gasteiger partial charge in [0, 0.05) is 6.54 Å². The lowest BCUT2D eigenvalue weighted by Gasteiger charge is -2.31. The number of ether oxygens (including phenoxy) is 1. The fraction of sp³-hybridized carbons (Fsp3) is 0.562. The highest BCUT2D eigenvalue weighted by molar-refractivity contribution is 5.74. The van der Waals surface area contributed by atoms with Crippen LogP contribution in [0.3, 0.4) is 0 Å². The number of hydrogen-bond acceptors (Lipinski definition) is 4. The smallest absolute Gasteiger partial charge is 0.310 e. The van der Waals surface area contributed by atoms with Crippen LogP contribution in [0.1, 0.15) is 43.4 Å². The minimum atomic E-state index is -0.460. The van der Waals surface area contributed by atoms with Crippen LogP contribution in [0.15, 0.2) is 24.3 Å². The molecule has 4 heteroatoms. The average molecular weight is 277 g/mol. The molecule has 110 valence electrons. The lowest BCUT2D eigenvalue weighted by Crippen LogP contribution is -2.40. The lowest BCUT2D eigenvalue weighted by molar-refractivity contribution is -0.149. The van der Waals surface area contributed by atoms with Gasteiger partial charge in [-0.15, -0.1) is 0 Å². The molecular formula is C16H23NO3. The summed E-state index contributed by atoms with van der Waals surface area (Å²) in [7, 11) is 0. The van der Waals surface area contributed by atoms with Gasteiger partial charge in [0.05, 0.1) is 18.6 Å². The van der Waals surface area contributed by atoms with E-state index in [-0.39, 0.29) is 17.8 Å². The van der Waals surface area contributed by atoms with E-state index in [9.17, 15) is 9.90 Å². The van der Waals surface area contributed by atoms with E-state index < -0.39 is 6.10 Å². The summed E-state index contributed by atoms with van der Waals surface area (Å²) >= 11 is 0. The SMILES string of the molecule is CCOC(=O)[C@@H]1CNCC[C@@H]1c1ccc(C(C)O)cc1. The number of aliphatic hydroxyl groups excluding tert-OH is 1. The summed E-state index contributed by atoms with van der Waals surface area (Å²) in [6.07, 6.45) is 0.468. The third-order valence-corrected chi connectivity index (χ3v) is 3.92. The van der Waals surface area contributed by atoms with E-state index >= 15 is 0 Å². The minimum absolute atomic E-state index is 0.121. The van der Waals surface area contributed by atoms with E-state index in [1.54, 1.807) is 6.92 Å². The quantitative estimate of drug-likeness (QED) is 0.826. The third-order valence-electron chi connectivity index (χ3n) is 3.92. The molecule has 0 bridgehead atoms. The van der Waals surface area contributed by atoms with Gasteiger partial charge in [-0.05, 0) is 43.9 Å². The van der Waals surface area contributed by atoms with Crippen LogP contribution in [0.5, 0.6) is 0 Å². The van der Waals surface area contributed by atoms with E-state index in [1.807, 2.05) is 31.2 Å². The van der Waals surface area contributed by atoms with Crippen molar-refractivity contribution in [3.8, 4) is 0 Å². The predicted molar refractivity (Wildman–Crippen MR) is 77.4 cm³/mol. The molecule has 20 heavy (non-hydrogen) atoms. The predicted octanol–water partition coefficient (Wildman–Crippen LogP) is 2.00. The van der Waals surface area contributed by atoms with Crippen molar-refractivity contribution < 1.29 is 14.6 Å². The Labute approximate surface area is 120 Å². The number of esters is 1. The highest BCUT2D eigenvalue weighted by Crippen LogP contribution is 2.31. The maximum absolute atomic E-state index is 12.1. The van der Waals surface area contributed by atoms with Gasteiger partial charge in [-0.2, -0.15) is 0 Å². The lowest BCUT2D eigenvalue weighted by atomic mass is 9.81. The van der Waals surface area contributed by atoms with Gasteiger partial charge in [-0.25, -0.2) is 0 Å². The maximum Gasteiger partial charge on any atom is 0.310 e. The fourth-order valence-electron chi connectivity index (χ4n) is 2.78. The molecule has 0 radical (unpaired) electrons. The summed E-state index contributed by atoms with van der Waals surface area (Å²) in [5, 5.41) is 12.8.